The number of nitrogens with two attached hydrogens (primary N) is 1. The number of hydrogen-bond acceptors (Lipinski definition) is 1. The van der Waals surface area contributed by atoms with Crippen molar-refractivity contribution >= 4 is 15.9 Å². The molecule has 0 aromatic heterocycles. The first-order chi connectivity index (χ1) is 8.72. The predicted molar refractivity (Wildman–Crippen MR) is 80.5 cm³/mol. The molecule has 0 radical (unpaired) electrons. The molecular formula is C16H18BrN. The summed E-state index contributed by atoms with van der Waals surface area (Å²) >= 11 is 3.45. The molecule has 2 atom stereocenters. The van der Waals surface area contributed by atoms with E-state index in [1.807, 2.05) is 18.2 Å². The summed E-state index contributed by atoms with van der Waals surface area (Å²) in [6.07, 6.45) is 1.04. The molecule has 0 bridgehead atoms. The lowest BCUT2D eigenvalue weighted by atomic mass is 9.86. The van der Waals surface area contributed by atoms with Gasteiger partial charge < -0.3 is 5.73 Å². The molecule has 2 aromatic carbocycles. The van der Waals surface area contributed by atoms with Gasteiger partial charge in [0.25, 0.3) is 0 Å². The molecule has 2 aromatic rings. The quantitative estimate of drug-likeness (QED) is 0.874. The monoisotopic (exact) mass is 303 g/mol. The Balaban J connectivity index is 2.25. The predicted octanol–water partition coefficient (Wildman–Crippen LogP) is 4.64. The normalized spacial score (nSPS) is 14.2. The second-order valence-corrected chi connectivity index (χ2v) is 5.42. The van der Waals surface area contributed by atoms with Gasteiger partial charge in [-0.05, 0) is 29.7 Å². The molecule has 0 saturated carbocycles. The summed E-state index contributed by atoms with van der Waals surface area (Å²) < 4.78 is 1.09. The van der Waals surface area contributed by atoms with Crippen LogP contribution in [0.1, 0.15) is 36.4 Å². The maximum atomic E-state index is 6.42. The van der Waals surface area contributed by atoms with Crippen molar-refractivity contribution < 1.29 is 0 Å². The van der Waals surface area contributed by atoms with Crippen molar-refractivity contribution in [3.63, 3.8) is 0 Å². The van der Waals surface area contributed by atoms with Gasteiger partial charge in [0.1, 0.15) is 0 Å². The topological polar surface area (TPSA) is 26.0 Å². The Morgan fingerprint density at radius 2 is 1.56 bits per heavy atom. The summed E-state index contributed by atoms with van der Waals surface area (Å²) in [4.78, 5) is 0. The second kappa shape index (κ2) is 6.17. The summed E-state index contributed by atoms with van der Waals surface area (Å²) in [6.45, 7) is 2.19. The fraction of sp³-hybridized carbons (Fsp3) is 0.250. The molecule has 94 valence electrons. The van der Waals surface area contributed by atoms with E-state index in [0.717, 1.165) is 10.9 Å². The molecule has 0 heterocycles. The van der Waals surface area contributed by atoms with E-state index in [-0.39, 0.29) is 6.04 Å². The summed E-state index contributed by atoms with van der Waals surface area (Å²) in [5.41, 5.74) is 8.92. The van der Waals surface area contributed by atoms with Crippen molar-refractivity contribution in [2.75, 3.05) is 0 Å². The van der Waals surface area contributed by atoms with Crippen molar-refractivity contribution in [2.45, 2.75) is 25.3 Å². The first kappa shape index (κ1) is 13.3. The highest BCUT2D eigenvalue weighted by molar-refractivity contribution is 9.10. The number of halogens is 1. The van der Waals surface area contributed by atoms with E-state index in [1.54, 1.807) is 0 Å². The van der Waals surface area contributed by atoms with Gasteiger partial charge in [-0.25, -0.2) is 0 Å². The SMILES string of the molecule is CCC(c1ccccc1)C(N)c1ccc(Br)cc1. The molecular weight excluding hydrogens is 286 g/mol. The lowest BCUT2D eigenvalue weighted by Crippen LogP contribution is -2.19. The van der Waals surface area contributed by atoms with Crippen molar-refractivity contribution in [3.05, 3.63) is 70.2 Å². The fourth-order valence-electron chi connectivity index (χ4n) is 2.31. The molecule has 2 heteroatoms. The average Bonchev–Trinajstić information content (AvgIpc) is 2.41. The van der Waals surface area contributed by atoms with Crippen LogP contribution in [0.25, 0.3) is 0 Å². The van der Waals surface area contributed by atoms with Crippen LogP contribution in [0.2, 0.25) is 0 Å². The van der Waals surface area contributed by atoms with E-state index < -0.39 is 0 Å². The zero-order valence-electron chi connectivity index (χ0n) is 10.5. The van der Waals surface area contributed by atoms with Crippen LogP contribution in [0.5, 0.6) is 0 Å². The Kier molecular flexibility index (Phi) is 4.56. The lowest BCUT2D eigenvalue weighted by molar-refractivity contribution is 0.539. The van der Waals surface area contributed by atoms with Crippen molar-refractivity contribution in [3.8, 4) is 0 Å². The van der Waals surface area contributed by atoms with E-state index >= 15 is 0 Å². The molecule has 0 amide bonds. The Morgan fingerprint density at radius 3 is 2.11 bits per heavy atom. The van der Waals surface area contributed by atoms with Gasteiger partial charge >= 0.3 is 0 Å². The molecule has 0 aliphatic heterocycles. The van der Waals surface area contributed by atoms with Gasteiger partial charge in [0.15, 0.2) is 0 Å². The van der Waals surface area contributed by atoms with Gasteiger partial charge in [0.05, 0.1) is 0 Å². The molecule has 0 saturated heterocycles. The third-order valence-corrected chi connectivity index (χ3v) is 3.88. The van der Waals surface area contributed by atoms with Crippen LogP contribution in [-0.4, -0.2) is 0 Å². The Bertz CT molecular complexity index is 478. The van der Waals surface area contributed by atoms with Gasteiger partial charge in [-0.2, -0.15) is 0 Å². The van der Waals surface area contributed by atoms with E-state index in [2.05, 4.69) is 59.3 Å². The largest absolute Gasteiger partial charge is 0.323 e. The number of rotatable bonds is 4. The number of hydrogen-bond donors (Lipinski definition) is 1. The van der Waals surface area contributed by atoms with Gasteiger partial charge in [-0.1, -0.05) is 65.3 Å². The van der Waals surface area contributed by atoms with Crippen LogP contribution in [-0.2, 0) is 0 Å². The third kappa shape index (κ3) is 3.01. The van der Waals surface area contributed by atoms with E-state index in [4.69, 9.17) is 5.73 Å². The summed E-state index contributed by atoms with van der Waals surface area (Å²) in [5, 5.41) is 0. The smallest absolute Gasteiger partial charge is 0.0364 e. The second-order valence-electron chi connectivity index (χ2n) is 4.50. The highest BCUT2D eigenvalue weighted by atomic mass is 79.9. The maximum absolute atomic E-state index is 6.42. The Morgan fingerprint density at radius 1 is 0.944 bits per heavy atom. The van der Waals surface area contributed by atoms with Crippen LogP contribution in [0.4, 0.5) is 0 Å². The van der Waals surface area contributed by atoms with Crippen molar-refractivity contribution in [1.29, 1.82) is 0 Å². The van der Waals surface area contributed by atoms with Gasteiger partial charge in [0, 0.05) is 16.4 Å². The zero-order chi connectivity index (χ0) is 13.0. The first-order valence-electron chi connectivity index (χ1n) is 6.28. The molecule has 0 aliphatic carbocycles. The standard InChI is InChI=1S/C16H18BrN/c1-2-15(12-6-4-3-5-7-12)16(18)13-8-10-14(17)11-9-13/h3-11,15-16H,2,18H2,1H3. The lowest BCUT2D eigenvalue weighted by Gasteiger charge is -2.23. The van der Waals surface area contributed by atoms with E-state index in [1.165, 1.54) is 11.1 Å². The minimum absolute atomic E-state index is 0.0468. The van der Waals surface area contributed by atoms with E-state index in [9.17, 15) is 0 Å². The van der Waals surface area contributed by atoms with Crippen LogP contribution in [0.15, 0.2) is 59.1 Å². The molecule has 18 heavy (non-hydrogen) atoms. The van der Waals surface area contributed by atoms with Crippen LogP contribution >= 0.6 is 15.9 Å². The molecule has 0 fully saturated rings. The van der Waals surface area contributed by atoms with Crippen molar-refractivity contribution in [1.82, 2.24) is 0 Å². The fourth-order valence-corrected chi connectivity index (χ4v) is 2.58. The number of benzene rings is 2. The van der Waals surface area contributed by atoms with Gasteiger partial charge in [0.2, 0.25) is 0 Å². The molecule has 2 unspecified atom stereocenters. The minimum Gasteiger partial charge on any atom is -0.323 e. The first-order valence-corrected chi connectivity index (χ1v) is 7.07. The van der Waals surface area contributed by atoms with E-state index in [0.29, 0.717) is 5.92 Å². The minimum atomic E-state index is 0.0468. The Labute approximate surface area is 117 Å². The highest BCUT2D eigenvalue weighted by Crippen LogP contribution is 2.32. The van der Waals surface area contributed by atoms with Crippen LogP contribution < -0.4 is 5.73 Å². The van der Waals surface area contributed by atoms with Gasteiger partial charge in [-0.3, -0.25) is 0 Å². The summed E-state index contributed by atoms with van der Waals surface area (Å²) in [5.74, 6) is 0.368. The molecule has 2 rings (SSSR count). The van der Waals surface area contributed by atoms with Crippen LogP contribution in [0.3, 0.4) is 0 Å². The zero-order valence-corrected chi connectivity index (χ0v) is 12.1. The highest BCUT2D eigenvalue weighted by Gasteiger charge is 2.19. The van der Waals surface area contributed by atoms with Crippen molar-refractivity contribution in [2.24, 2.45) is 5.73 Å². The van der Waals surface area contributed by atoms with Gasteiger partial charge in [-0.15, -0.1) is 0 Å². The maximum Gasteiger partial charge on any atom is 0.0364 e. The summed E-state index contributed by atoms with van der Waals surface area (Å²) in [7, 11) is 0. The molecule has 2 N–H and O–H groups in total. The molecule has 1 nitrogen and oxygen atoms in total. The summed E-state index contributed by atoms with van der Waals surface area (Å²) in [6, 6.07) is 18.9. The van der Waals surface area contributed by atoms with Crippen LogP contribution in [0, 0.1) is 0 Å². The average molecular weight is 304 g/mol. The third-order valence-electron chi connectivity index (χ3n) is 3.36. The Hall–Kier alpha value is -1.12. The molecule has 0 spiro atoms. The molecule has 0 aliphatic rings.